The lowest BCUT2D eigenvalue weighted by molar-refractivity contribution is -0.148. The fraction of sp³-hybridized carbons (Fsp3) is 0.962. The summed E-state index contributed by atoms with van der Waals surface area (Å²) in [5, 5.41) is 0. The molecule has 2 atom stereocenters. The smallest absolute Gasteiger partial charge is 0.306 e. The lowest BCUT2D eigenvalue weighted by Gasteiger charge is -2.15. The number of esters is 1. The Morgan fingerprint density at radius 2 is 1.38 bits per heavy atom. The van der Waals surface area contributed by atoms with Crippen LogP contribution >= 0.6 is 0 Å². The van der Waals surface area contributed by atoms with Crippen molar-refractivity contribution in [3.8, 4) is 0 Å². The van der Waals surface area contributed by atoms with Gasteiger partial charge in [-0.15, -0.1) is 0 Å². The van der Waals surface area contributed by atoms with Crippen molar-refractivity contribution in [2.75, 3.05) is 6.61 Å². The van der Waals surface area contributed by atoms with Crippen LogP contribution in [0.15, 0.2) is 0 Å². The Bertz CT molecular complexity index is 363. The van der Waals surface area contributed by atoms with Gasteiger partial charge < -0.3 is 9.47 Å². The Hall–Kier alpha value is -0.570. The Kier molecular flexibility index (Phi) is 17.7. The van der Waals surface area contributed by atoms with Gasteiger partial charge in [0.15, 0.2) is 0 Å². The van der Waals surface area contributed by atoms with Crippen molar-refractivity contribution in [3.05, 3.63) is 0 Å². The average molecular weight is 411 g/mol. The van der Waals surface area contributed by atoms with Gasteiger partial charge in [-0.05, 0) is 39.0 Å². The van der Waals surface area contributed by atoms with E-state index in [1.807, 2.05) is 6.92 Å². The van der Waals surface area contributed by atoms with Gasteiger partial charge in [-0.1, -0.05) is 96.8 Å². The molecule has 1 fully saturated rings. The number of rotatable bonds is 20. The fourth-order valence-electron chi connectivity index (χ4n) is 4.28. The molecule has 0 amide bonds. The molecule has 1 heterocycles. The van der Waals surface area contributed by atoms with E-state index in [2.05, 4.69) is 6.92 Å². The van der Waals surface area contributed by atoms with E-state index in [0.29, 0.717) is 12.5 Å². The number of carbonyl (C=O) groups is 1. The summed E-state index contributed by atoms with van der Waals surface area (Å²) >= 11 is 0. The summed E-state index contributed by atoms with van der Waals surface area (Å²) in [7, 11) is 0. The summed E-state index contributed by atoms with van der Waals surface area (Å²) < 4.78 is 11.2. The second kappa shape index (κ2) is 19.4. The zero-order chi connectivity index (χ0) is 21.0. The molecule has 0 bridgehead atoms. The van der Waals surface area contributed by atoms with Crippen LogP contribution in [-0.2, 0) is 14.3 Å². The molecule has 0 unspecified atom stereocenters. The molecule has 0 radical (unpaired) electrons. The van der Waals surface area contributed by atoms with Crippen LogP contribution in [0.25, 0.3) is 0 Å². The van der Waals surface area contributed by atoms with E-state index in [1.54, 1.807) is 0 Å². The summed E-state index contributed by atoms with van der Waals surface area (Å²) in [6, 6.07) is 0. The number of hydrogen-bond acceptors (Lipinski definition) is 3. The molecule has 0 N–H and O–H groups in total. The third-order valence-electron chi connectivity index (χ3n) is 6.24. The molecule has 3 heteroatoms. The summed E-state index contributed by atoms with van der Waals surface area (Å²) in [6.07, 6.45) is 25.6. The molecule has 1 aliphatic heterocycles. The SMILES string of the molecule is CCCCCCCCCCCCCCCCCC(=O)O[C@H](C)CC[C@H]1CCCO1. The van der Waals surface area contributed by atoms with Gasteiger partial charge in [-0.3, -0.25) is 4.79 Å². The third kappa shape index (κ3) is 16.9. The molecular weight excluding hydrogens is 360 g/mol. The lowest BCUT2D eigenvalue weighted by atomic mass is 10.0. The molecule has 0 aromatic carbocycles. The molecule has 0 spiro atoms. The maximum atomic E-state index is 11.9. The van der Waals surface area contributed by atoms with E-state index in [4.69, 9.17) is 9.47 Å². The second-order valence-electron chi connectivity index (χ2n) is 9.21. The molecule has 172 valence electrons. The molecule has 1 aliphatic rings. The van der Waals surface area contributed by atoms with Gasteiger partial charge in [0.2, 0.25) is 0 Å². The maximum Gasteiger partial charge on any atom is 0.306 e. The number of hydrogen-bond donors (Lipinski definition) is 0. The monoisotopic (exact) mass is 410 g/mol. The van der Waals surface area contributed by atoms with Crippen molar-refractivity contribution < 1.29 is 14.3 Å². The van der Waals surface area contributed by atoms with Gasteiger partial charge in [-0.25, -0.2) is 0 Å². The Morgan fingerprint density at radius 3 is 1.86 bits per heavy atom. The van der Waals surface area contributed by atoms with Crippen LogP contribution < -0.4 is 0 Å². The van der Waals surface area contributed by atoms with E-state index >= 15 is 0 Å². The summed E-state index contributed by atoms with van der Waals surface area (Å²) in [4.78, 5) is 11.9. The fourth-order valence-corrected chi connectivity index (χ4v) is 4.28. The molecular formula is C26H50O3. The highest BCUT2D eigenvalue weighted by molar-refractivity contribution is 5.69. The molecule has 0 saturated carbocycles. The van der Waals surface area contributed by atoms with E-state index in [1.165, 1.54) is 96.3 Å². The van der Waals surface area contributed by atoms with Crippen LogP contribution in [0.4, 0.5) is 0 Å². The Morgan fingerprint density at radius 1 is 0.862 bits per heavy atom. The minimum absolute atomic E-state index is 0.0143. The minimum atomic E-state index is -0.0143. The van der Waals surface area contributed by atoms with E-state index in [0.717, 1.165) is 32.3 Å². The average Bonchev–Trinajstić information content (AvgIpc) is 3.23. The Balaban J connectivity index is 1.77. The van der Waals surface area contributed by atoms with Crippen molar-refractivity contribution in [2.24, 2.45) is 0 Å². The van der Waals surface area contributed by atoms with Crippen LogP contribution in [0.3, 0.4) is 0 Å². The minimum Gasteiger partial charge on any atom is -0.463 e. The second-order valence-corrected chi connectivity index (χ2v) is 9.21. The van der Waals surface area contributed by atoms with Crippen molar-refractivity contribution in [2.45, 2.75) is 154 Å². The van der Waals surface area contributed by atoms with E-state index in [-0.39, 0.29) is 12.1 Å². The quantitative estimate of drug-likeness (QED) is 0.150. The highest BCUT2D eigenvalue weighted by Gasteiger charge is 2.17. The third-order valence-corrected chi connectivity index (χ3v) is 6.24. The van der Waals surface area contributed by atoms with Crippen molar-refractivity contribution in [1.29, 1.82) is 0 Å². The zero-order valence-electron chi connectivity index (χ0n) is 19.7. The molecule has 0 aliphatic carbocycles. The predicted octanol–water partition coefficient (Wildman–Crippen LogP) is 8.14. The Labute approximate surface area is 181 Å². The first kappa shape index (κ1) is 26.5. The van der Waals surface area contributed by atoms with Gasteiger partial charge in [0, 0.05) is 13.0 Å². The summed E-state index contributed by atoms with van der Waals surface area (Å²) in [5.74, 6) is -0.0143. The van der Waals surface area contributed by atoms with E-state index in [9.17, 15) is 4.79 Å². The molecule has 0 aromatic heterocycles. The molecule has 0 aromatic rings. The van der Waals surface area contributed by atoms with Crippen molar-refractivity contribution in [1.82, 2.24) is 0 Å². The standard InChI is InChI=1S/C26H50O3/c1-3-4-5-6-7-8-9-10-11-12-13-14-15-16-17-20-26(27)29-24(2)21-22-25-19-18-23-28-25/h24-25H,3-23H2,1-2H3/t24-,25-/m1/s1. The highest BCUT2D eigenvalue weighted by atomic mass is 16.5. The van der Waals surface area contributed by atoms with Crippen LogP contribution in [0.5, 0.6) is 0 Å². The van der Waals surface area contributed by atoms with Gasteiger partial charge in [0.1, 0.15) is 0 Å². The van der Waals surface area contributed by atoms with Crippen LogP contribution in [0.1, 0.15) is 142 Å². The normalized spacial score (nSPS) is 17.5. The maximum absolute atomic E-state index is 11.9. The first-order chi connectivity index (χ1) is 14.2. The number of ether oxygens (including phenoxy) is 2. The molecule has 1 rings (SSSR count). The van der Waals surface area contributed by atoms with Gasteiger partial charge in [0.05, 0.1) is 12.2 Å². The van der Waals surface area contributed by atoms with Crippen LogP contribution in [-0.4, -0.2) is 24.8 Å². The largest absolute Gasteiger partial charge is 0.463 e. The molecule has 29 heavy (non-hydrogen) atoms. The topological polar surface area (TPSA) is 35.5 Å². The first-order valence-corrected chi connectivity index (χ1v) is 13.0. The van der Waals surface area contributed by atoms with Gasteiger partial charge >= 0.3 is 5.97 Å². The van der Waals surface area contributed by atoms with Crippen LogP contribution in [0.2, 0.25) is 0 Å². The first-order valence-electron chi connectivity index (χ1n) is 13.0. The van der Waals surface area contributed by atoms with Crippen molar-refractivity contribution >= 4 is 5.97 Å². The zero-order valence-corrected chi connectivity index (χ0v) is 19.7. The number of unbranched alkanes of at least 4 members (excludes halogenated alkanes) is 14. The summed E-state index contributed by atoms with van der Waals surface area (Å²) in [5.41, 5.74) is 0. The highest BCUT2D eigenvalue weighted by Crippen LogP contribution is 2.19. The number of carbonyl (C=O) groups excluding carboxylic acids is 1. The predicted molar refractivity (Wildman–Crippen MR) is 123 cm³/mol. The van der Waals surface area contributed by atoms with E-state index < -0.39 is 0 Å². The van der Waals surface area contributed by atoms with Crippen LogP contribution in [0, 0.1) is 0 Å². The van der Waals surface area contributed by atoms with Crippen molar-refractivity contribution in [3.63, 3.8) is 0 Å². The lowest BCUT2D eigenvalue weighted by Crippen LogP contribution is -2.17. The summed E-state index contributed by atoms with van der Waals surface area (Å²) in [6.45, 7) is 5.20. The van der Waals surface area contributed by atoms with Gasteiger partial charge in [-0.2, -0.15) is 0 Å². The molecule has 3 nitrogen and oxygen atoms in total. The van der Waals surface area contributed by atoms with Gasteiger partial charge in [0.25, 0.3) is 0 Å². The molecule has 1 saturated heterocycles.